The molecule has 0 bridgehead atoms. The molecule has 0 rings (SSSR count). The molecule has 4 nitrogen and oxygen atoms in total. The molecule has 0 unspecified atom stereocenters. The largest absolute Gasteiger partial charge is 0.501 e. The smallest absolute Gasteiger partial charge is 0.385 e. The molecule has 0 aliphatic rings. The Kier molecular flexibility index (Phi) is 9.07. The highest BCUT2D eigenvalue weighted by molar-refractivity contribution is 6.60. The van der Waals surface area contributed by atoms with Crippen LogP contribution in [0.4, 0.5) is 0 Å². The summed E-state index contributed by atoms with van der Waals surface area (Å²) in [7, 11) is -0.895. The van der Waals surface area contributed by atoms with Crippen molar-refractivity contribution >= 4 is 8.80 Å². The minimum Gasteiger partial charge on any atom is -0.385 e. The third-order valence-electron chi connectivity index (χ3n) is 2.08. The molecule has 0 saturated heterocycles. The van der Waals surface area contributed by atoms with Crippen LogP contribution < -0.4 is 0 Å². The molecule has 0 aromatic carbocycles. The van der Waals surface area contributed by atoms with E-state index in [4.69, 9.17) is 18.0 Å². The second-order valence-electron chi connectivity index (χ2n) is 5.28. The highest BCUT2D eigenvalue weighted by atomic mass is 28.4. The molecule has 0 aliphatic carbocycles. The monoisotopic (exact) mass is 278 g/mol. The van der Waals surface area contributed by atoms with E-state index in [9.17, 15) is 0 Å². The van der Waals surface area contributed by atoms with Crippen LogP contribution in [0.3, 0.4) is 0 Å². The minimum absolute atomic E-state index is 0.108. The summed E-state index contributed by atoms with van der Waals surface area (Å²) in [5.74, 6) is 0. The van der Waals surface area contributed by atoms with E-state index in [1.54, 1.807) is 7.11 Å². The minimum atomic E-state index is -2.60. The van der Waals surface area contributed by atoms with Gasteiger partial charge in [0.25, 0.3) is 0 Å². The Morgan fingerprint density at radius 3 is 1.44 bits per heavy atom. The van der Waals surface area contributed by atoms with Crippen molar-refractivity contribution in [3.05, 3.63) is 0 Å². The lowest BCUT2D eigenvalue weighted by molar-refractivity contribution is 0.00172. The molecule has 0 spiro atoms. The van der Waals surface area contributed by atoms with Crippen LogP contribution in [0.5, 0.6) is 0 Å². The number of hydrogen-bond acceptors (Lipinski definition) is 4. The molecule has 0 N–H and O–H groups in total. The standard InChI is InChI=1S/C13H30O4Si/c1-11(2)15-18(16-12(3)4,17-13(5)6)10-8-9-14-7/h11-13H,8-10H2,1-7H3. The van der Waals surface area contributed by atoms with Crippen LogP contribution in [-0.4, -0.2) is 40.8 Å². The Balaban J connectivity index is 4.74. The van der Waals surface area contributed by atoms with Gasteiger partial charge in [0.15, 0.2) is 0 Å². The van der Waals surface area contributed by atoms with E-state index in [2.05, 4.69) is 0 Å². The Morgan fingerprint density at radius 1 is 0.778 bits per heavy atom. The maximum atomic E-state index is 6.05. The van der Waals surface area contributed by atoms with E-state index in [-0.39, 0.29) is 18.3 Å². The lowest BCUT2D eigenvalue weighted by Crippen LogP contribution is -2.50. The second kappa shape index (κ2) is 9.04. The molecule has 5 heteroatoms. The summed E-state index contributed by atoms with van der Waals surface area (Å²) in [5, 5.41) is 0. The molecular formula is C13H30O4Si. The first-order valence-electron chi connectivity index (χ1n) is 6.83. The zero-order valence-corrected chi connectivity index (χ0v) is 14.0. The zero-order chi connectivity index (χ0) is 14.2. The van der Waals surface area contributed by atoms with E-state index in [0.29, 0.717) is 6.61 Å². The molecule has 18 heavy (non-hydrogen) atoms. The fraction of sp³-hybridized carbons (Fsp3) is 1.00. The van der Waals surface area contributed by atoms with Crippen LogP contribution in [0.1, 0.15) is 48.0 Å². The first kappa shape index (κ1) is 18.1. The Bertz CT molecular complexity index is 181. The van der Waals surface area contributed by atoms with Gasteiger partial charge in [-0.1, -0.05) is 0 Å². The van der Waals surface area contributed by atoms with Gasteiger partial charge < -0.3 is 18.0 Å². The lowest BCUT2D eigenvalue weighted by Gasteiger charge is -2.34. The van der Waals surface area contributed by atoms with Crippen molar-refractivity contribution in [3.8, 4) is 0 Å². The van der Waals surface area contributed by atoms with Gasteiger partial charge in [0, 0.05) is 38.1 Å². The van der Waals surface area contributed by atoms with Crippen molar-refractivity contribution < 1.29 is 18.0 Å². The maximum absolute atomic E-state index is 6.05. The highest BCUT2D eigenvalue weighted by Crippen LogP contribution is 2.23. The average Bonchev–Trinajstić information content (AvgIpc) is 2.13. The topological polar surface area (TPSA) is 36.9 Å². The van der Waals surface area contributed by atoms with E-state index in [1.807, 2.05) is 41.5 Å². The van der Waals surface area contributed by atoms with E-state index in [1.165, 1.54) is 0 Å². The number of hydrogen-bond donors (Lipinski definition) is 0. The molecule has 0 atom stereocenters. The predicted molar refractivity (Wildman–Crippen MR) is 75.7 cm³/mol. The molecule has 0 aromatic heterocycles. The third-order valence-corrected chi connectivity index (χ3v) is 5.53. The van der Waals surface area contributed by atoms with Gasteiger partial charge in [0.1, 0.15) is 0 Å². The predicted octanol–water partition coefficient (Wildman–Crippen LogP) is 3.24. The maximum Gasteiger partial charge on any atom is 0.501 e. The molecule has 0 aliphatic heterocycles. The van der Waals surface area contributed by atoms with Crippen LogP contribution in [0.25, 0.3) is 0 Å². The van der Waals surface area contributed by atoms with Crippen LogP contribution in [0, 0.1) is 0 Å². The van der Waals surface area contributed by atoms with Gasteiger partial charge in [0.2, 0.25) is 0 Å². The summed E-state index contributed by atoms with van der Waals surface area (Å²) < 4.78 is 23.2. The fourth-order valence-electron chi connectivity index (χ4n) is 1.77. The third kappa shape index (κ3) is 8.21. The summed E-state index contributed by atoms with van der Waals surface area (Å²) in [6.07, 6.45) is 1.22. The van der Waals surface area contributed by atoms with Gasteiger partial charge in [0.05, 0.1) is 0 Å². The van der Waals surface area contributed by atoms with Crippen molar-refractivity contribution in [2.75, 3.05) is 13.7 Å². The summed E-state index contributed by atoms with van der Waals surface area (Å²) in [4.78, 5) is 0. The van der Waals surface area contributed by atoms with Gasteiger partial charge in [-0.15, -0.1) is 0 Å². The van der Waals surface area contributed by atoms with Crippen molar-refractivity contribution in [1.82, 2.24) is 0 Å². The molecule has 0 radical (unpaired) electrons. The summed E-state index contributed by atoms with van der Waals surface area (Å²) in [6.45, 7) is 12.8. The average molecular weight is 278 g/mol. The summed E-state index contributed by atoms with van der Waals surface area (Å²) >= 11 is 0. The van der Waals surface area contributed by atoms with E-state index < -0.39 is 8.80 Å². The Morgan fingerprint density at radius 2 is 1.17 bits per heavy atom. The van der Waals surface area contributed by atoms with Crippen molar-refractivity contribution in [2.24, 2.45) is 0 Å². The molecule has 0 fully saturated rings. The van der Waals surface area contributed by atoms with Crippen LogP contribution in [0.2, 0.25) is 6.04 Å². The SMILES string of the molecule is COCCC[Si](OC(C)C)(OC(C)C)OC(C)C. The Hall–Kier alpha value is 0.0569. The fourth-order valence-corrected chi connectivity index (χ4v) is 5.02. The number of ether oxygens (including phenoxy) is 1. The van der Waals surface area contributed by atoms with Crippen molar-refractivity contribution in [3.63, 3.8) is 0 Å². The van der Waals surface area contributed by atoms with E-state index in [0.717, 1.165) is 12.5 Å². The molecule has 110 valence electrons. The van der Waals surface area contributed by atoms with Crippen LogP contribution in [0.15, 0.2) is 0 Å². The Labute approximate surface area is 113 Å². The lowest BCUT2D eigenvalue weighted by atomic mass is 10.5. The van der Waals surface area contributed by atoms with Gasteiger partial charge in [-0.3, -0.25) is 0 Å². The van der Waals surface area contributed by atoms with Crippen molar-refractivity contribution in [1.29, 1.82) is 0 Å². The van der Waals surface area contributed by atoms with Crippen LogP contribution in [-0.2, 0) is 18.0 Å². The number of rotatable bonds is 10. The quantitative estimate of drug-likeness (QED) is 0.454. The van der Waals surface area contributed by atoms with Crippen molar-refractivity contribution in [2.45, 2.75) is 72.3 Å². The molecule has 0 amide bonds. The van der Waals surface area contributed by atoms with Gasteiger partial charge in [-0.2, -0.15) is 0 Å². The first-order valence-corrected chi connectivity index (χ1v) is 8.77. The number of methoxy groups -OCH3 is 1. The molecule has 0 saturated carbocycles. The summed E-state index contributed by atoms with van der Waals surface area (Å²) in [6, 6.07) is 0.801. The molecule has 0 heterocycles. The van der Waals surface area contributed by atoms with Gasteiger partial charge >= 0.3 is 8.80 Å². The van der Waals surface area contributed by atoms with E-state index >= 15 is 0 Å². The summed E-state index contributed by atoms with van der Waals surface area (Å²) in [5.41, 5.74) is 0. The van der Waals surface area contributed by atoms with Crippen LogP contribution >= 0.6 is 0 Å². The van der Waals surface area contributed by atoms with Gasteiger partial charge in [-0.05, 0) is 48.0 Å². The molecule has 0 aromatic rings. The normalized spacial score (nSPS) is 13.0. The zero-order valence-electron chi connectivity index (χ0n) is 13.0. The highest BCUT2D eigenvalue weighted by Gasteiger charge is 2.43. The molecular weight excluding hydrogens is 248 g/mol. The van der Waals surface area contributed by atoms with Gasteiger partial charge in [-0.25, -0.2) is 0 Å². The first-order chi connectivity index (χ1) is 8.31. The second-order valence-corrected chi connectivity index (χ2v) is 7.85.